The number of amides is 1. The van der Waals surface area contributed by atoms with Gasteiger partial charge in [-0.05, 0) is 26.0 Å². The van der Waals surface area contributed by atoms with Gasteiger partial charge in [0.25, 0.3) is 0 Å². The van der Waals surface area contributed by atoms with Crippen molar-refractivity contribution in [2.24, 2.45) is 0 Å². The van der Waals surface area contributed by atoms with Gasteiger partial charge >= 0.3 is 0 Å². The Morgan fingerprint density at radius 2 is 2.18 bits per heavy atom. The second-order valence-corrected chi connectivity index (χ2v) is 6.75. The maximum atomic E-state index is 13.2. The van der Waals surface area contributed by atoms with Crippen LogP contribution in [-0.2, 0) is 11.2 Å². The number of thiazole rings is 1. The maximum Gasteiger partial charge on any atom is 0.228 e. The quantitative estimate of drug-likeness (QED) is 0.921. The Hall–Kier alpha value is -1.79. The Labute approximate surface area is 133 Å². The van der Waals surface area contributed by atoms with Crippen LogP contribution in [0.5, 0.6) is 0 Å². The molecule has 1 N–H and O–H groups in total. The molecule has 1 amide bonds. The van der Waals surface area contributed by atoms with E-state index in [1.807, 2.05) is 0 Å². The summed E-state index contributed by atoms with van der Waals surface area (Å²) in [6.45, 7) is 3.57. The predicted octanol–water partition coefficient (Wildman–Crippen LogP) is 2.72. The summed E-state index contributed by atoms with van der Waals surface area (Å²) in [7, 11) is 1.65. The van der Waals surface area contributed by atoms with Crippen molar-refractivity contribution in [1.29, 1.82) is 0 Å². The van der Waals surface area contributed by atoms with E-state index in [1.165, 1.54) is 28.4 Å². The Kier molecular flexibility index (Phi) is 4.93. The number of aromatic nitrogens is 1. The van der Waals surface area contributed by atoms with Crippen LogP contribution in [-0.4, -0.2) is 40.1 Å². The largest absolute Gasteiger partial charge is 0.389 e. The molecule has 0 aliphatic carbocycles. The average Bonchev–Trinajstić information content (AvgIpc) is 2.85. The number of aliphatic hydroxyl groups is 1. The summed E-state index contributed by atoms with van der Waals surface area (Å²) in [5.74, 6) is -0.423. The van der Waals surface area contributed by atoms with Gasteiger partial charge in [-0.25, -0.2) is 9.37 Å². The van der Waals surface area contributed by atoms with Gasteiger partial charge in [-0.15, -0.1) is 11.3 Å². The molecule has 0 bridgehead atoms. The molecule has 2 rings (SSSR count). The zero-order valence-electron chi connectivity index (χ0n) is 12.8. The molecule has 6 heteroatoms. The summed E-state index contributed by atoms with van der Waals surface area (Å²) < 4.78 is 13.2. The summed E-state index contributed by atoms with van der Waals surface area (Å²) in [6.07, 6.45) is 0.165. The first-order valence-electron chi connectivity index (χ1n) is 6.91. The third-order valence-electron chi connectivity index (χ3n) is 3.01. The van der Waals surface area contributed by atoms with Crippen LogP contribution in [0.15, 0.2) is 29.6 Å². The fourth-order valence-electron chi connectivity index (χ4n) is 2.10. The SMILES string of the molecule is CN(CC(C)(C)O)C(=O)Cc1csc(-c2cccc(F)c2)n1. The first kappa shape index (κ1) is 16.6. The Balaban J connectivity index is 2.05. The zero-order valence-corrected chi connectivity index (χ0v) is 13.7. The smallest absolute Gasteiger partial charge is 0.228 e. The monoisotopic (exact) mass is 322 g/mol. The highest BCUT2D eigenvalue weighted by atomic mass is 32.1. The Morgan fingerprint density at radius 3 is 2.82 bits per heavy atom. The molecule has 0 atom stereocenters. The minimum atomic E-state index is -0.931. The number of nitrogens with zero attached hydrogens (tertiary/aromatic N) is 2. The molecule has 1 aromatic heterocycles. The lowest BCUT2D eigenvalue weighted by molar-refractivity contribution is -0.131. The van der Waals surface area contributed by atoms with Crippen LogP contribution in [0, 0.1) is 5.82 Å². The lowest BCUT2D eigenvalue weighted by Gasteiger charge is -2.25. The number of halogens is 1. The number of likely N-dealkylation sites (N-methyl/N-ethyl adjacent to an activating group) is 1. The highest BCUT2D eigenvalue weighted by molar-refractivity contribution is 7.13. The molecule has 0 spiro atoms. The number of hydrogen-bond acceptors (Lipinski definition) is 4. The number of rotatable bonds is 5. The molecule has 0 saturated heterocycles. The minimum Gasteiger partial charge on any atom is -0.389 e. The molecule has 0 saturated carbocycles. The molecule has 22 heavy (non-hydrogen) atoms. The molecule has 118 valence electrons. The van der Waals surface area contributed by atoms with Crippen molar-refractivity contribution in [3.05, 3.63) is 41.2 Å². The van der Waals surface area contributed by atoms with Crippen LogP contribution in [0.2, 0.25) is 0 Å². The van der Waals surface area contributed by atoms with E-state index in [0.717, 1.165) is 0 Å². The van der Waals surface area contributed by atoms with Crippen LogP contribution < -0.4 is 0 Å². The average molecular weight is 322 g/mol. The Morgan fingerprint density at radius 1 is 1.45 bits per heavy atom. The molecule has 1 aromatic carbocycles. The Bertz CT molecular complexity index is 664. The van der Waals surface area contributed by atoms with E-state index in [2.05, 4.69) is 4.98 Å². The van der Waals surface area contributed by atoms with Crippen molar-refractivity contribution in [2.75, 3.05) is 13.6 Å². The van der Waals surface area contributed by atoms with Crippen molar-refractivity contribution in [2.45, 2.75) is 25.9 Å². The van der Waals surface area contributed by atoms with E-state index >= 15 is 0 Å². The summed E-state index contributed by atoms with van der Waals surface area (Å²) >= 11 is 1.38. The molecule has 2 aromatic rings. The fraction of sp³-hybridized carbons (Fsp3) is 0.375. The van der Waals surface area contributed by atoms with Gasteiger partial charge in [-0.1, -0.05) is 12.1 Å². The molecule has 0 radical (unpaired) electrons. The van der Waals surface area contributed by atoms with Gasteiger partial charge < -0.3 is 10.0 Å². The lowest BCUT2D eigenvalue weighted by Crippen LogP contribution is -2.40. The zero-order chi connectivity index (χ0) is 16.3. The van der Waals surface area contributed by atoms with Crippen molar-refractivity contribution in [1.82, 2.24) is 9.88 Å². The highest BCUT2D eigenvalue weighted by Gasteiger charge is 2.20. The van der Waals surface area contributed by atoms with Crippen molar-refractivity contribution in [3.63, 3.8) is 0 Å². The van der Waals surface area contributed by atoms with Gasteiger partial charge in [0.2, 0.25) is 5.91 Å². The van der Waals surface area contributed by atoms with Gasteiger partial charge in [0.05, 0.1) is 17.7 Å². The van der Waals surface area contributed by atoms with Gasteiger partial charge in [-0.2, -0.15) is 0 Å². The molecular weight excluding hydrogens is 303 g/mol. The molecule has 0 aliphatic heterocycles. The topological polar surface area (TPSA) is 53.4 Å². The van der Waals surface area contributed by atoms with Crippen LogP contribution in [0.25, 0.3) is 10.6 Å². The number of carbonyl (C=O) groups is 1. The number of carbonyl (C=O) groups excluding carboxylic acids is 1. The summed E-state index contributed by atoms with van der Waals surface area (Å²) in [4.78, 5) is 18.0. The van der Waals surface area contributed by atoms with E-state index < -0.39 is 5.60 Å². The predicted molar refractivity (Wildman–Crippen MR) is 85.1 cm³/mol. The van der Waals surface area contributed by atoms with Crippen LogP contribution in [0.4, 0.5) is 4.39 Å². The van der Waals surface area contributed by atoms with E-state index in [1.54, 1.807) is 38.4 Å². The van der Waals surface area contributed by atoms with Crippen molar-refractivity contribution < 1.29 is 14.3 Å². The summed E-state index contributed by atoms with van der Waals surface area (Å²) in [6, 6.07) is 6.22. The third kappa shape index (κ3) is 4.61. The van der Waals surface area contributed by atoms with Crippen molar-refractivity contribution in [3.8, 4) is 10.6 Å². The molecule has 0 fully saturated rings. The summed E-state index contributed by atoms with van der Waals surface area (Å²) in [5, 5.41) is 12.2. The normalized spacial score (nSPS) is 11.5. The maximum absolute atomic E-state index is 13.2. The first-order valence-corrected chi connectivity index (χ1v) is 7.79. The van der Waals surface area contributed by atoms with Crippen LogP contribution >= 0.6 is 11.3 Å². The van der Waals surface area contributed by atoms with Crippen LogP contribution in [0.3, 0.4) is 0 Å². The molecule has 4 nitrogen and oxygen atoms in total. The minimum absolute atomic E-state index is 0.113. The van der Waals surface area contributed by atoms with Crippen molar-refractivity contribution >= 4 is 17.2 Å². The second-order valence-electron chi connectivity index (χ2n) is 5.89. The van der Waals surface area contributed by atoms with Gasteiger partial charge in [0, 0.05) is 24.5 Å². The van der Waals surface area contributed by atoms with E-state index in [-0.39, 0.29) is 24.7 Å². The fourth-order valence-corrected chi connectivity index (χ4v) is 2.92. The second kappa shape index (κ2) is 6.54. The molecule has 0 aliphatic rings. The van der Waals surface area contributed by atoms with Gasteiger partial charge in [0.1, 0.15) is 10.8 Å². The standard InChI is InChI=1S/C16H19FN2O2S/c1-16(2,21)10-19(3)14(20)8-13-9-22-15(18-13)11-5-4-6-12(17)7-11/h4-7,9,21H,8,10H2,1-3H3. The van der Waals surface area contributed by atoms with Gasteiger partial charge in [-0.3, -0.25) is 4.79 Å². The van der Waals surface area contributed by atoms with E-state index in [9.17, 15) is 14.3 Å². The molecular formula is C16H19FN2O2S. The molecule has 1 heterocycles. The molecule has 0 unspecified atom stereocenters. The summed E-state index contributed by atoms with van der Waals surface area (Å²) in [5.41, 5.74) is 0.421. The highest BCUT2D eigenvalue weighted by Crippen LogP contribution is 2.24. The van der Waals surface area contributed by atoms with E-state index in [4.69, 9.17) is 0 Å². The third-order valence-corrected chi connectivity index (χ3v) is 3.95. The first-order chi connectivity index (χ1) is 10.2. The van der Waals surface area contributed by atoms with E-state index in [0.29, 0.717) is 16.3 Å². The lowest BCUT2D eigenvalue weighted by atomic mass is 10.1. The number of hydrogen-bond donors (Lipinski definition) is 1. The number of benzene rings is 1. The van der Waals surface area contributed by atoms with Crippen LogP contribution in [0.1, 0.15) is 19.5 Å². The van der Waals surface area contributed by atoms with Gasteiger partial charge in [0.15, 0.2) is 0 Å².